The minimum Gasteiger partial charge on any atom is -0.504 e. The van der Waals surface area contributed by atoms with E-state index in [9.17, 15) is 14.7 Å². The number of benzene rings is 4. The fourth-order valence-electron chi connectivity index (χ4n) is 4.32. The number of aliphatic imine (C=N–C) groups is 1. The Balaban J connectivity index is 1.27. The van der Waals surface area contributed by atoms with Crippen molar-refractivity contribution in [3.05, 3.63) is 131 Å². The number of amides is 1. The quantitative estimate of drug-likeness (QED) is 0.263. The van der Waals surface area contributed by atoms with E-state index in [0.717, 1.165) is 22.3 Å². The molecule has 1 unspecified atom stereocenters. The van der Waals surface area contributed by atoms with Crippen LogP contribution in [0.1, 0.15) is 22.3 Å². The van der Waals surface area contributed by atoms with Gasteiger partial charge in [0.2, 0.25) is 0 Å². The highest BCUT2D eigenvalue weighted by Crippen LogP contribution is 2.29. The normalized spacial score (nSPS) is 14.4. The lowest BCUT2D eigenvalue weighted by atomic mass is 10.1. The van der Waals surface area contributed by atoms with E-state index in [2.05, 4.69) is 4.99 Å². The lowest BCUT2D eigenvalue weighted by molar-refractivity contribution is -0.148. The van der Waals surface area contributed by atoms with Crippen molar-refractivity contribution in [2.75, 3.05) is 6.54 Å². The molecular weight excluding hydrogens is 520 g/mol. The molecule has 8 nitrogen and oxygen atoms in total. The molecular formula is C33H30N2O6. The van der Waals surface area contributed by atoms with E-state index in [1.54, 1.807) is 12.1 Å². The van der Waals surface area contributed by atoms with Crippen LogP contribution in [0.25, 0.3) is 0 Å². The van der Waals surface area contributed by atoms with Gasteiger partial charge < -0.3 is 19.3 Å². The number of ether oxygens (including phenoxy) is 3. The van der Waals surface area contributed by atoms with Crippen LogP contribution in [-0.2, 0) is 45.3 Å². The third-order valence-electron chi connectivity index (χ3n) is 6.48. The average molecular weight is 551 g/mol. The second-order valence-corrected chi connectivity index (χ2v) is 9.55. The number of amidine groups is 1. The first-order chi connectivity index (χ1) is 20.0. The highest BCUT2D eigenvalue weighted by molar-refractivity contribution is 6.04. The predicted octanol–water partition coefficient (Wildman–Crippen LogP) is 5.04. The van der Waals surface area contributed by atoms with E-state index in [4.69, 9.17) is 14.2 Å². The van der Waals surface area contributed by atoms with Crippen LogP contribution in [0.5, 0.6) is 11.5 Å². The van der Waals surface area contributed by atoms with Crippen molar-refractivity contribution in [2.24, 2.45) is 4.99 Å². The number of phenols is 1. The smallest absolute Gasteiger partial charge is 0.326 e. The molecule has 1 aliphatic heterocycles. The van der Waals surface area contributed by atoms with E-state index in [0.29, 0.717) is 5.75 Å². The van der Waals surface area contributed by atoms with E-state index in [-0.39, 0.29) is 50.5 Å². The summed E-state index contributed by atoms with van der Waals surface area (Å²) in [7, 11) is 0. The Morgan fingerprint density at radius 1 is 0.732 bits per heavy atom. The second kappa shape index (κ2) is 13.3. The molecule has 0 radical (unpaired) electrons. The van der Waals surface area contributed by atoms with Crippen LogP contribution in [0.4, 0.5) is 0 Å². The van der Waals surface area contributed by atoms with Gasteiger partial charge in [0, 0.05) is 6.42 Å². The molecule has 0 aromatic heterocycles. The third-order valence-corrected chi connectivity index (χ3v) is 6.48. The molecule has 1 atom stereocenters. The van der Waals surface area contributed by atoms with Crippen LogP contribution in [0, 0.1) is 0 Å². The third kappa shape index (κ3) is 7.51. The number of carbonyl (C=O) groups excluding carboxylic acids is 2. The number of carbonyl (C=O) groups is 2. The van der Waals surface area contributed by atoms with Gasteiger partial charge in [0.1, 0.15) is 32.4 Å². The Bertz CT molecular complexity index is 1490. The largest absolute Gasteiger partial charge is 0.504 e. The highest BCUT2D eigenvalue weighted by Gasteiger charge is 2.37. The molecule has 0 bridgehead atoms. The topological polar surface area (TPSA) is 97.7 Å². The van der Waals surface area contributed by atoms with E-state index >= 15 is 0 Å². The molecule has 0 aliphatic carbocycles. The molecule has 0 saturated carbocycles. The molecule has 1 heterocycles. The summed E-state index contributed by atoms with van der Waals surface area (Å²) in [5.41, 5.74) is 3.45. The Labute approximate surface area is 238 Å². The average Bonchev–Trinajstić information content (AvgIpc) is 3.30. The lowest BCUT2D eigenvalue weighted by Gasteiger charge is -2.18. The van der Waals surface area contributed by atoms with Gasteiger partial charge in [-0.25, -0.2) is 4.99 Å². The van der Waals surface area contributed by atoms with Crippen LogP contribution in [0.15, 0.2) is 114 Å². The summed E-state index contributed by atoms with van der Waals surface area (Å²) in [6.07, 6.45) is 0.231. The van der Waals surface area contributed by atoms with Gasteiger partial charge in [-0.1, -0.05) is 97.1 Å². The summed E-state index contributed by atoms with van der Waals surface area (Å²) in [6, 6.07) is 32.6. The Morgan fingerprint density at radius 3 is 1.90 bits per heavy atom. The Hall–Kier alpha value is -5.11. The van der Waals surface area contributed by atoms with Crippen molar-refractivity contribution in [3.63, 3.8) is 0 Å². The van der Waals surface area contributed by atoms with Crippen LogP contribution in [-0.4, -0.2) is 40.5 Å². The van der Waals surface area contributed by atoms with Crippen LogP contribution >= 0.6 is 0 Å². The Morgan fingerprint density at radius 2 is 1.29 bits per heavy atom. The van der Waals surface area contributed by atoms with Crippen LogP contribution in [0.2, 0.25) is 0 Å². The fraction of sp³-hybridized carbons (Fsp3) is 0.182. The SMILES string of the molecule is O=C(CN1C(=O)C(Cc2ccc(O)c(OCc3ccccc3)c2)N=C1OCc1ccccc1)OCc1ccccc1. The predicted molar refractivity (Wildman–Crippen MR) is 153 cm³/mol. The van der Waals surface area contributed by atoms with E-state index in [1.807, 2.05) is 91.0 Å². The van der Waals surface area contributed by atoms with Crippen LogP contribution in [0.3, 0.4) is 0 Å². The summed E-state index contributed by atoms with van der Waals surface area (Å²) in [6.45, 7) is 0.249. The number of nitrogens with zero attached hydrogens (tertiary/aromatic N) is 2. The maximum Gasteiger partial charge on any atom is 0.326 e. The maximum atomic E-state index is 13.4. The van der Waals surface area contributed by atoms with Crippen molar-refractivity contribution in [1.82, 2.24) is 4.90 Å². The second-order valence-electron chi connectivity index (χ2n) is 9.55. The maximum absolute atomic E-state index is 13.4. The zero-order valence-electron chi connectivity index (χ0n) is 22.4. The van der Waals surface area contributed by atoms with Crippen molar-refractivity contribution in [2.45, 2.75) is 32.3 Å². The van der Waals surface area contributed by atoms with Gasteiger partial charge in [-0.3, -0.25) is 14.5 Å². The first-order valence-corrected chi connectivity index (χ1v) is 13.3. The number of esters is 1. The summed E-state index contributed by atoms with van der Waals surface area (Å²) >= 11 is 0. The van der Waals surface area contributed by atoms with Gasteiger partial charge in [-0.15, -0.1) is 0 Å². The molecule has 4 aromatic rings. The van der Waals surface area contributed by atoms with Crippen LogP contribution < -0.4 is 4.74 Å². The molecule has 4 aromatic carbocycles. The summed E-state index contributed by atoms with van der Waals surface area (Å²) < 4.78 is 17.2. The molecule has 0 fully saturated rings. The minimum absolute atomic E-state index is 0.000558. The molecule has 1 amide bonds. The Kier molecular flexibility index (Phi) is 8.91. The zero-order valence-corrected chi connectivity index (χ0v) is 22.4. The van der Waals surface area contributed by atoms with Gasteiger partial charge in [0.05, 0.1) is 0 Å². The van der Waals surface area contributed by atoms with Gasteiger partial charge in [0.15, 0.2) is 11.5 Å². The van der Waals surface area contributed by atoms with E-state index < -0.39 is 12.0 Å². The molecule has 208 valence electrons. The molecule has 8 heteroatoms. The van der Waals surface area contributed by atoms with Crippen molar-refractivity contribution < 1.29 is 28.9 Å². The summed E-state index contributed by atoms with van der Waals surface area (Å²) in [5.74, 6) is -0.632. The summed E-state index contributed by atoms with van der Waals surface area (Å²) in [5, 5.41) is 10.3. The number of hydrogen-bond donors (Lipinski definition) is 1. The lowest BCUT2D eigenvalue weighted by Crippen LogP contribution is -2.41. The molecule has 1 N–H and O–H groups in total. The molecule has 41 heavy (non-hydrogen) atoms. The monoisotopic (exact) mass is 550 g/mol. The number of aromatic hydroxyl groups is 1. The molecule has 0 spiro atoms. The fourth-order valence-corrected chi connectivity index (χ4v) is 4.32. The van der Waals surface area contributed by atoms with Gasteiger partial charge in [-0.2, -0.15) is 0 Å². The number of rotatable bonds is 11. The summed E-state index contributed by atoms with van der Waals surface area (Å²) in [4.78, 5) is 31.9. The first-order valence-electron chi connectivity index (χ1n) is 13.3. The van der Waals surface area contributed by atoms with Gasteiger partial charge in [-0.05, 0) is 34.4 Å². The molecule has 1 aliphatic rings. The molecule has 5 rings (SSSR count). The van der Waals surface area contributed by atoms with E-state index in [1.165, 1.54) is 11.0 Å². The van der Waals surface area contributed by atoms with Crippen molar-refractivity contribution in [1.29, 1.82) is 0 Å². The van der Waals surface area contributed by atoms with Gasteiger partial charge in [0.25, 0.3) is 11.9 Å². The number of hydrogen-bond acceptors (Lipinski definition) is 7. The van der Waals surface area contributed by atoms with Crippen molar-refractivity contribution in [3.8, 4) is 11.5 Å². The standard InChI is InChI=1S/C33H30N2O6/c36-29-17-16-27(19-30(29)39-21-24-10-4-1-5-11-24)18-28-32(38)35(20-31(37)40-22-25-12-6-2-7-13-25)33(34-28)41-23-26-14-8-3-9-15-26/h1-17,19,28,36H,18,20-23H2. The minimum atomic E-state index is -0.811. The highest BCUT2D eigenvalue weighted by atomic mass is 16.5. The zero-order chi connectivity index (χ0) is 28.4. The first kappa shape index (κ1) is 27.5. The van der Waals surface area contributed by atoms with Gasteiger partial charge >= 0.3 is 5.97 Å². The number of phenolic OH excluding ortho intramolecular Hbond substituents is 1. The van der Waals surface area contributed by atoms with Crippen molar-refractivity contribution >= 4 is 17.9 Å². The molecule has 0 saturated heterocycles.